The van der Waals surface area contributed by atoms with Crippen LogP contribution in [0.15, 0.2) is 36.4 Å². The van der Waals surface area contributed by atoms with Gasteiger partial charge in [-0.15, -0.1) is 0 Å². The second-order valence-electron chi connectivity index (χ2n) is 8.36. The molecule has 32 heavy (non-hydrogen) atoms. The van der Waals surface area contributed by atoms with Crippen molar-refractivity contribution in [1.29, 1.82) is 0 Å². The Morgan fingerprint density at radius 1 is 0.938 bits per heavy atom. The summed E-state index contributed by atoms with van der Waals surface area (Å²) in [5.41, 5.74) is 1.08. The van der Waals surface area contributed by atoms with Crippen LogP contribution in [0.25, 0.3) is 0 Å². The van der Waals surface area contributed by atoms with Crippen LogP contribution in [0.4, 0.5) is 17.1 Å². The number of nitrogens with zero attached hydrogens (tertiary/aromatic N) is 1. The SMILES string of the molecule is O=C(Nc1ccc(Cl)c(C(=O)NC2CCCCC2)c1)c1ccc(NC2CC2)c([N+](=O)[O-])c1. The highest BCUT2D eigenvalue weighted by Gasteiger charge is 2.26. The zero-order valence-corrected chi connectivity index (χ0v) is 18.3. The molecule has 2 aliphatic carbocycles. The van der Waals surface area contributed by atoms with Gasteiger partial charge in [-0.1, -0.05) is 30.9 Å². The number of carbonyl (C=O) groups excluding carboxylic acids is 2. The first kappa shape index (κ1) is 22.1. The van der Waals surface area contributed by atoms with Crippen molar-refractivity contribution in [2.45, 2.75) is 57.0 Å². The van der Waals surface area contributed by atoms with Crippen molar-refractivity contribution in [3.63, 3.8) is 0 Å². The van der Waals surface area contributed by atoms with E-state index in [4.69, 9.17) is 11.6 Å². The van der Waals surface area contributed by atoms with E-state index in [9.17, 15) is 19.7 Å². The lowest BCUT2D eigenvalue weighted by Gasteiger charge is -2.23. The van der Waals surface area contributed by atoms with E-state index in [-0.39, 0.29) is 34.8 Å². The van der Waals surface area contributed by atoms with Crippen molar-refractivity contribution in [3.8, 4) is 0 Å². The molecule has 0 saturated heterocycles. The molecule has 0 atom stereocenters. The molecule has 0 unspecified atom stereocenters. The second kappa shape index (κ2) is 9.56. The molecule has 168 valence electrons. The maximum atomic E-state index is 12.7. The average molecular weight is 457 g/mol. The number of halogens is 1. The molecule has 2 fully saturated rings. The zero-order valence-electron chi connectivity index (χ0n) is 17.5. The van der Waals surface area contributed by atoms with Crippen molar-refractivity contribution in [1.82, 2.24) is 5.32 Å². The summed E-state index contributed by atoms with van der Waals surface area (Å²) in [5, 5.41) is 20.6. The van der Waals surface area contributed by atoms with Gasteiger partial charge in [0.2, 0.25) is 0 Å². The lowest BCUT2D eigenvalue weighted by atomic mass is 9.95. The van der Waals surface area contributed by atoms with Gasteiger partial charge in [-0.3, -0.25) is 19.7 Å². The summed E-state index contributed by atoms with van der Waals surface area (Å²) in [4.78, 5) is 36.4. The molecule has 8 nitrogen and oxygen atoms in total. The number of nitrogens with one attached hydrogen (secondary N) is 3. The Hall–Kier alpha value is -3.13. The predicted octanol–water partition coefficient (Wildman–Crippen LogP) is 5.14. The van der Waals surface area contributed by atoms with E-state index < -0.39 is 10.8 Å². The van der Waals surface area contributed by atoms with Gasteiger partial charge in [-0.2, -0.15) is 0 Å². The quantitative estimate of drug-likeness (QED) is 0.394. The highest BCUT2D eigenvalue weighted by molar-refractivity contribution is 6.34. The minimum atomic E-state index is -0.507. The summed E-state index contributed by atoms with van der Waals surface area (Å²) in [6, 6.07) is 9.40. The molecule has 2 aliphatic rings. The van der Waals surface area contributed by atoms with Crippen LogP contribution >= 0.6 is 11.6 Å². The van der Waals surface area contributed by atoms with E-state index in [0.717, 1.165) is 38.5 Å². The second-order valence-corrected chi connectivity index (χ2v) is 8.77. The highest BCUT2D eigenvalue weighted by atomic mass is 35.5. The number of anilines is 2. The summed E-state index contributed by atoms with van der Waals surface area (Å²) in [6.07, 6.45) is 7.23. The number of carbonyl (C=O) groups is 2. The molecule has 2 amide bonds. The number of rotatable bonds is 7. The van der Waals surface area contributed by atoms with Gasteiger partial charge in [0.1, 0.15) is 5.69 Å². The van der Waals surface area contributed by atoms with Crippen LogP contribution in [0.2, 0.25) is 5.02 Å². The topological polar surface area (TPSA) is 113 Å². The van der Waals surface area contributed by atoms with E-state index in [1.54, 1.807) is 24.3 Å². The molecule has 0 aliphatic heterocycles. The fraction of sp³-hybridized carbons (Fsp3) is 0.391. The van der Waals surface area contributed by atoms with Crippen LogP contribution in [0.5, 0.6) is 0 Å². The fourth-order valence-electron chi connectivity index (χ4n) is 3.88. The average Bonchev–Trinajstić information content (AvgIpc) is 3.60. The van der Waals surface area contributed by atoms with E-state index >= 15 is 0 Å². The van der Waals surface area contributed by atoms with Gasteiger partial charge in [0.15, 0.2) is 0 Å². The smallest absolute Gasteiger partial charge is 0.293 e. The lowest BCUT2D eigenvalue weighted by Crippen LogP contribution is -2.36. The Morgan fingerprint density at radius 3 is 2.38 bits per heavy atom. The summed E-state index contributed by atoms with van der Waals surface area (Å²) in [6.45, 7) is 0. The zero-order chi connectivity index (χ0) is 22.7. The maximum Gasteiger partial charge on any atom is 0.293 e. The Morgan fingerprint density at radius 2 is 1.69 bits per heavy atom. The minimum Gasteiger partial charge on any atom is -0.377 e. The van der Waals surface area contributed by atoms with Crippen LogP contribution < -0.4 is 16.0 Å². The first-order valence-corrected chi connectivity index (χ1v) is 11.3. The van der Waals surface area contributed by atoms with Gasteiger partial charge in [-0.05, 0) is 56.0 Å². The molecule has 3 N–H and O–H groups in total. The number of amides is 2. The van der Waals surface area contributed by atoms with E-state index in [1.807, 2.05) is 0 Å². The summed E-state index contributed by atoms with van der Waals surface area (Å²) in [5.74, 6) is -0.781. The predicted molar refractivity (Wildman–Crippen MR) is 123 cm³/mol. The first-order chi connectivity index (χ1) is 15.4. The fourth-order valence-corrected chi connectivity index (χ4v) is 4.09. The van der Waals surface area contributed by atoms with Gasteiger partial charge >= 0.3 is 0 Å². The Bertz CT molecular complexity index is 1050. The van der Waals surface area contributed by atoms with Crippen molar-refractivity contribution in [2.24, 2.45) is 0 Å². The molecule has 2 aromatic rings. The molecule has 0 heterocycles. The normalized spacial score (nSPS) is 16.3. The molecule has 9 heteroatoms. The van der Waals surface area contributed by atoms with Crippen molar-refractivity contribution < 1.29 is 14.5 Å². The largest absolute Gasteiger partial charge is 0.377 e. The molecule has 0 spiro atoms. The van der Waals surface area contributed by atoms with Crippen LogP contribution in [0.3, 0.4) is 0 Å². The number of hydrogen-bond donors (Lipinski definition) is 3. The molecule has 2 aromatic carbocycles. The molecular formula is C23H25ClN4O4. The third-order valence-electron chi connectivity index (χ3n) is 5.80. The van der Waals surface area contributed by atoms with Crippen LogP contribution in [0, 0.1) is 10.1 Å². The molecule has 2 saturated carbocycles. The minimum absolute atomic E-state index is 0.133. The molecule has 0 aromatic heterocycles. The highest BCUT2D eigenvalue weighted by Crippen LogP contribution is 2.32. The van der Waals surface area contributed by atoms with Gasteiger partial charge < -0.3 is 16.0 Å². The Kier molecular flexibility index (Phi) is 6.60. The van der Waals surface area contributed by atoms with Crippen molar-refractivity contribution in [2.75, 3.05) is 10.6 Å². The third kappa shape index (κ3) is 5.37. The van der Waals surface area contributed by atoms with Gasteiger partial charge in [0, 0.05) is 29.4 Å². The molecule has 0 radical (unpaired) electrons. The van der Waals surface area contributed by atoms with Crippen molar-refractivity contribution >= 4 is 40.5 Å². The van der Waals surface area contributed by atoms with E-state index in [0.29, 0.717) is 16.4 Å². The van der Waals surface area contributed by atoms with Crippen molar-refractivity contribution in [3.05, 3.63) is 62.7 Å². The van der Waals surface area contributed by atoms with Crippen LogP contribution in [0.1, 0.15) is 65.7 Å². The van der Waals surface area contributed by atoms with Gasteiger partial charge in [-0.25, -0.2) is 0 Å². The molecular weight excluding hydrogens is 432 g/mol. The van der Waals surface area contributed by atoms with Gasteiger partial charge in [0.05, 0.1) is 15.5 Å². The van der Waals surface area contributed by atoms with Crippen LogP contribution in [-0.4, -0.2) is 28.8 Å². The number of hydrogen-bond acceptors (Lipinski definition) is 5. The summed E-state index contributed by atoms with van der Waals surface area (Å²) in [7, 11) is 0. The Labute approximate surface area is 190 Å². The first-order valence-electron chi connectivity index (χ1n) is 10.9. The lowest BCUT2D eigenvalue weighted by molar-refractivity contribution is -0.384. The Balaban J connectivity index is 1.48. The van der Waals surface area contributed by atoms with Gasteiger partial charge in [0.25, 0.3) is 17.5 Å². The van der Waals surface area contributed by atoms with E-state index in [1.165, 1.54) is 18.6 Å². The maximum absolute atomic E-state index is 12.7. The summed E-state index contributed by atoms with van der Waals surface area (Å²) < 4.78 is 0. The van der Waals surface area contributed by atoms with E-state index in [2.05, 4.69) is 16.0 Å². The third-order valence-corrected chi connectivity index (χ3v) is 6.13. The monoisotopic (exact) mass is 456 g/mol. The molecule has 0 bridgehead atoms. The number of nitro benzene ring substituents is 1. The standard InChI is InChI=1S/C23H25ClN4O4/c24-19-10-9-17(13-18(19)23(30)26-15-4-2-1-3-5-15)27-22(29)14-6-11-20(25-16-7-8-16)21(12-14)28(31)32/h6,9-13,15-16,25H,1-5,7-8H2,(H,26,30)(H,27,29). The number of nitro groups is 1. The summed E-state index contributed by atoms with van der Waals surface area (Å²) >= 11 is 6.23. The molecule has 4 rings (SSSR count). The van der Waals surface area contributed by atoms with Crippen LogP contribution in [-0.2, 0) is 0 Å². The number of benzene rings is 2.